The number of benzene rings is 1. The maximum atomic E-state index is 11.8. The lowest BCUT2D eigenvalue weighted by Crippen LogP contribution is -2.29. The largest absolute Gasteiger partial charge is 0.329 e. The number of sulfonamides is 2. The van der Waals surface area contributed by atoms with Crippen LogP contribution in [0.1, 0.15) is 19.8 Å². The Kier molecular flexibility index (Phi) is 6.59. The third kappa shape index (κ3) is 6.00. The highest BCUT2D eigenvalue weighted by atomic mass is 32.2. The van der Waals surface area contributed by atoms with Crippen LogP contribution in [0.5, 0.6) is 0 Å². The van der Waals surface area contributed by atoms with Crippen LogP contribution in [0, 0.1) is 0 Å². The molecule has 0 atom stereocenters. The van der Waals surface area contributed by atoms with E-state index in [2.05, 4.69) is 9.44 Å². The maximum Gasteiger partial charge on any atom is 0.240 e. The Labute approximate surface area is 126 Å². The van der Waals surface area contributed by atoms with Crippen LogP contribution in [0.25, 0.3) is 0 Å². The molecule has 0 aliphatic heterocycles. The van der Waals surface area contributed by atoms with Crippen LogP contribution >= 0.6 is 0 Å². The normalized spacial score (nSPS) is 12.3. The second-order valence-electron chi connectivity index (χ2n) is 4.49. The van der Waals surface area contributed by atoms with Gasteiger partial charge in [-0.3, -0.25) is 4.72 Å². The highest BCUT2D eigenvalue weighted by Gasteiger charge is 2.14. The Morgan fingerprint density at radius 1 is 1.10 bits per heavy atom. The molecule has 0 bridgehead atoms. The Balaban J connectivity index is 2.79. The molecule has 0 aliphatic carbocycles. The smallest absolute Gasteiger partial charge is 0.240 e. The van der Waals surface area contributed by atoms with E-state index in [1.807, 2.05) is 6.92 Å². The van der Waals surface area contributed by atoms with Crippen LogP contribution in [0.15, 0.2) is 29.2 Å². The highest BCUT2D eigenvalue weighted by molar-refractivity contribution is 7.92. The van der Waals surface area contributed by atoms with Gasteiger partial charge >= 0.3 is 0 Å². The molecule has 0 heterocycles. The van der Waals surface area contributed by atoms with Gasteiger partial charge in [0.1, 0.15) is 0 Å². The van der Waals surface area contributed by atoms with E-state index in [9.17, 15) is 16.8 Å². The van der Waals surface area contributed by atoms with Crippen molar-refractivity contribution >= 4 is 25.7 Å². The summed E-state index contributed by atoms with van der Waals surface area (Å²) in [4.78, 5) is 0.0625. The average Bonchev–Trinajstić information content (AvgIpc) is 2.43. The van der Waals surface area contributed by atoms with Gasteiger partial charge in [-0.15, -0.1) is 0 Å². The number of nitrogens with two attached hydrogens (primary N) is 1. The van der Waals surface area contributed by atoms with E-state index in [1.54, 1.807) is 0 Å². The lowest BCUT2D eigenvalue weighted by Gasteiger charge is -2.09. The summed E-state index contributed by atoms with van der Waals surface area (Å²) in [5, 5.41) is 0. The number of hydrogen-bond donors (Lipinski definition) is 3. The van der Waals surface area contributed by atoms with Crippen molar-refractivity contribution in [3.05, 3.63) is 24.3 Å². The average molecular weight is 335 g/mol. The molecule has 0 unspecified atom stereocenters. The van der Waals surface area contributed by atoms with Crippen LogP contribution in [0.4, 0.5) is 5.69 Å². The Hall–Kier alpha value is -1.16. The number of anilines is 1. The van der Waals surface area contributed by atoms with Crippen molar-refractivity contribution in [1.82, 2.24) is 4.72 Å². The van der Waals surface area contributed by atoms with Crippen LogP contribution in [0.2, 0.25) is 0 Å². The summed E-state index contributed by atoms with van der Waals surface area (Å²) in [6.45, 7) is 2.26. The van der Waals surface area contributed by atoms with E-state index >= 15 is 0 Å². The first-order chi connectivity index (χ1) is 9.80. The molecular weight excluding hydrogens is 314 g/mol. The van der Waals surface area contributed by atoms with Gasteiger partial charge in [-0.2, -0.15) is 0 Å². The van der Waals surface area contributed by atoms with E-state index in [4.69, 9.17) is 5.73 Å². The zero-order valence-electron chi connectivity index (χ0n) is 11.9. The van der Waals surface area contributed by atoms with Gasteiger partial charge in [-0.25, -0.2) is 21.6 Å². The minimum Gasteiger partial charge on any atom is -0.329 e. The Bertz CT molecular complexity index is 640. The predicted molar refractivity (Wildman–Crippen MR) is 83.0 cm³/mol. The second-order valence-corrected chi connectivity index (χ2v) is 8.09. The zero-order chi connectivity index (χ0) is 15.9. The molecule has 0 amide bonds. The van der Waals surface area contributed by atoms with Crippen LogP contribution in [-0.2, 0) is 20.0 Å². The molecule has 0 saturated carbocycles. The molecule has 4 N–H and O–H groups in total. The first-order valence-corrected chi connectivity index (χ1v) is 9.74. The summed E-state index contributed by atoms with van der Waals surface area (Å²) in [6, 6.07) is 5.52. The summed E-state index contributed by atoms with van der Waals surface area (Å²) in [5.74, 6) is 0.0433. The van der Waals surface area contributed by atoms with Gasteiger partial charge in [0, 0.05) is 18.8 Å². The SMILES string of the molecule is CCCCS(=O)(=O)Nc1ccc(S(=O)(=O)NCCN)cc1. The Morgan fingerprint density at radius 2 is 1.71 bits per heavy atom. The lowest BCUT2D eigenvalue weighted by molar-refractivity contribution is 0.582. The molecule has 9 heteroatoms. The van der Waals surface area contributed by atoms with Crippen molar-refractivity contribution in [2.24, 2.45) is 5.73 Å². The van der Waals surface area contributed by atoms with Gasteiger partial charge in [0.25, 0.3) is 0 Å². The summed E-state index contributed by atoms with van der Waals surface area (Å²) in [6.07, 6.45) is 1.36. The van der Waals surface area contributed by atoms with E-state index in [-0.39, 0.29) is 23.7 Å². The third-order valence-electron chi connectivity index (χ3n) is 2.64. The molecule has 0 aliphatic rings. The van der Waals surface area contributed by atoms with Crippen molar-refractivity contribution in [3.8, 4) is 0 Å². The lowest BCUT2D eigenvalue weighted by atomic mass is 10.3. The third-order valence-corrected chi connectivity index (χ3v) is 5.49. The van der Waals surface area contributed by atoms with E-state index in [0.29, 0.717) is 12.1 Å². The van der Waals surface area contributed by atoms with Crippen LogP contribution in [-0.4, -0.2) is 35.7 Å². The number of rotatable bonds is 9. The molecule has 0 radical (unpaired) electrons. The summed E-state index contributed by atoms with van der Waals surface area (Å²) >= 11 is 0. The van der Waals surface area contributed by atoms with E-state index in [1.165, 1.54) is 24.3 Å². The fourth-order valence-electron chi connectivity index (χ4n) is 1.54. The Morgan fingerprint density at radius 3 is 2.24 bits per heavy atom. The predicted octanol–water partition coefficient (Wildman–Crippen LogP) is 0.465. The van der Waals surface area contributed by atoms with Gasteiger partial charge in [-0.1, -0.05) is 13.3 Å². The van der Waals surface area contributed by atoms with Crippen LogP contribution < -0.4 is 15.2 Å². The first kappa shape index (κ1) is 17.9. The monoisotopic (exact) mass is 335 g/mol. The fourth-order valence-corrected chi connectivity index (χ4v) is 3.86. The minimum atomic E-state index is -3.60. The van der Waals surface area contributed by atoms with Gasteiger partial charge < -0.3 is 5.73 Å². The van der Waals surface area contributed by atoms with Crippen molar-refractivity contribution in [2.75, 3.05) is 23.6 Å². The topological polar surface area (TPSA) is 118 Å². The standard InChI is InChI=1S/C12H21N3O4S2/c1-2-3-10-20(16,17)15-11-4-6-12(7-5-11)21(18,19)14-9-8-13/h4-7,14-15H,2-3,8-10,13H2,1H3. The number of hydrogen-bond acceptors (Lipinski definition) is 5. The fraction of sp³-hybridized carbons (Fsp3) is 0.500. The van der Waals surface area contributed by atoms with E-state index < -0.39 is 20.0 Å². The van der Waals surface area contributed by atoms with Gasteiger partial charge in [-0.05, 0) is 30.7 Å². The summed E-state index contributed by atoms with van der Waals surface area (Å²) in [5.41, 5.74) is 5.58. The van der Waals surface area contributed by atoms with Crippen molar-refractivity contribution in [2.45, 2.75) is 24.7 Å². The molecule has 1 aromatic rings. The summed E-state index contributed by atoms with van der Waals surface area (Å²) < 4.78 is 51.8. The highest BCUT2D eigenvalue weighted by Crippen LogP contribution is 2.15. The number of unbranched alkanes of at least 4 members (excludes halogenated alkanes) is 1. The molecule has 0 spiro atoms. The molecule has 120 valence electrons. The first-order valence-electron chi connectivity index (χ1n) is 6.61. The maximum absolute atomic E-state index is 11.8. The minimum absolute atomic E-state index is 0.0433. The zero-order valence-corrected chi connectivity index (χ0v) is 13.5. The molecule has 0 saturated heterocycles. The van der Waals surface area contributed by atoms with Gasteiger partial charge in [0.15, 0.2) is 0 Å². The molecule has 7 nitrogen and oxygen atoms in total. The molecule has 1 aromatic carbocycles. The van der Waals surface area contributed by atoms with Crippen molar-refractivity contribution < 1.29 is 16.8 Å². The molecule has 0 fully saturated rings. The number of nitrogens with one attached hydrogen (secondary N) is 2. The quantitative estimate of drug-likeness (QED) is 0.606. The van der Waals surface area contributed by atoms with Gasteiger partial charge in [0.2, 0.25) is 20.0 Å². The molecule has 21 heavy (non-hydrogen) atoms. The van der Waals surface area contributed by atoms with Gasteiger partial charge in [0.05, 0.1) is 10.6 Å². The second kappa shape index (κ2) is 7.74. The molecule has 1 rings (SSSR count). The van der Waals surface area contributed by atoms with Crippen molar-refractivity contribution in [1.29, 1.82) is 0 Å². The van der Waals surface area contributed by atoms with Crippen LogP contribution in [0.3, 0.4) is 0 Å². The van der Waals surface area contributed by atoms with Crippen molar-refractivity contribution in [3.63, 3.8) is 0 Å². The molecular formula is C12H21N3O4S2. The summed E-state index contributed by atoms with van der Waals surface area (Å²) in [7, 11) is -7.00. The molecule has 0 aromatic heterocycles. The van der Waals surface area contributed by atoms with E-state index in [0.717, 1.165) is 6.42 Å².